The summed E-state index contributed by atoms with van der Waals surface area (Å²) >= 11 is 0. The average molecular weight is 709 g/mol. The van der Waals surface area contributed by atoms with Gasteiger partial charge in [0.15, 0.2) is 6.29 Å². The number of ether oxygens (including phenoxy) is 4. The van der Waals surface area contributed by atoms with E-state index in [0.717, 1.165) is 77.0 Å². The predicted octanol–water partition coefficient (Wildman–Crippen LogP) is 5.73. The van der Waals surface area contributed by atoms with E-state index >= 15 is 0 Å². The lowest BCUT2D eigenvalue weighted by atomic mass is 9.99. The van der Waals surface area contributed by atoms with Gasteiger partial charge < -0.3 is 34.3 Å². The summed E-state index contributed by atoms with van der Waals surface area (Å²) in [4.78, 5) is 12.7. The van der Waals surface area contributed by atoms with Gasteiger partial charge in [-0.05, 0) is 51.4 Å². The average Bonchev–Trinajstić information content (AvgIpc) is 3.05. The molecule has 1 fully saturated rings. The van der Waals surface area contributed by atoms with Crippen LogP contribution >= 0.6 is 0 Å². The molecule has 0 spiro atoms. The van der Waals surface area contributed by atoms with E-state index in [-0.39, 0.29) is 19.6 Å². The first kappa shape index (κ1) is 44.6. The quantitative estimate of drug-likeness (QED) is 0.0309. The molecule has 48 heavy (non-hydrogen) atoms. The summed E-state index contributed by atoms with van der Waals surface area (Å²) in [5.41, 5.74) is 0. The van der Waals surface area contributed by atoms with Crippen LogP contribution in [-0.4, -0.2) is 97.5 Å². The van der Waals surface area contributed by atoms with Crippen molar-refractivity contribution in [3.8, 4) is 0 Å². The molecule has 12 nitrogen and oxygen atoms in total. The molecule has 6 atom stereocenters. The van der Waals surface area contributed by atoms with Gasteiger partial charge in [0.05, 0.1) is 19.8 Å². The number of carbonyl (C=O) groups excluding carboxylic acids is 1. The predicted molar refractivity (Wildman–Crippen MR) is 184 cm³/mol. The van der Waals surface area contributed by atoms with Crippen molar-refractivity contribution in [2.45, 2.75) is 166 Å². The summed E-state index contributed by atoms with van der Waals surface area (Å²) in [7, 11) is -5.05. The van der Waals surface area contributed by atoms with Crippen molar-refractivity contribution in [1.29, 1.82) is 0 Å². The lowest BCUT2D eigenvalue weighted by molar-refractivity contribution is -0.301. The van der Waals surface area contributed by atoms with E-state index in [1.807, 2.05) is 0 Å². The smallest absolute Gasteiger partial charge is 0.397 e. The third kappa shape index (κ3) is 22.3. The Bertz CT molecular complexity index is 957. The molecule has 0 aromatic rings. The minimum absolute atomic E-state index is 0.0290. The fraction of sp³-hybridized carbons (Fsp3) is 0.857. The van der Waals surface area contributed by atoms with Crippen LogP contribution in [0.5, 0.6) is 0 Å². The van der Waals surface area contributed by atoms with Crippen molar-refractivity contribution >= 4 is 16.4 Å². The maximum atomic E-state index is 12.7. The number of esters is 1. The second-order valence-electron chi connectivity index (χ2n) is 12.5. The van der Waals surface area contributed by atoms with Gasteiger partial charge in [0, 0.05) is 13.0 Å². The Labute approximate surface area is 289 Å². The number of aliphatic hydroxyl groups is 3. The third-order valence-corrected chi connectivity index (χ3v) is 8.47. The van der Waals surface area contributed by atoms with Crippen LogP contribution in [0.25, 0.3) is 0 Å². The van der Waals surface area contributed by atoms with E-state index in [2.05, 4.69) is 42.3 Å². The van der Waals surface area contributed by atoms with Crippen molar-refractivity contribution in [2.75, 3.05) is 26.4 Å². The molecule has 1 aliphatic heterocycles. The molecule has 0 aliphatic carbocycles. The number of unbranched alkanes of at least 4 members (excludes halogenated alkanes) is 13. The van der Waals surface area contributed by atoms with Gasteiger partial charge in [-0.2, -0.15) is 8.42 Å². The van der Waals surface area contributed by atoms with Crippen LogP contribution in [0.3, 0.4) is 0 Å². The molecule has 0 aromatic carbocycles. The van der Waals surface area contributed by atoms with Crippen LogP contribution in [0.15, 0.2) is 24.3 Å². The van der Waals surface area contributed by atoms with Gasteiger partial charge >= 0.3 is 16.4 Å². The topological polar surface area (TPSA) is 178 Å². The van der Waals surface area contributed by atoms with Crippen LogP contribution in [-0.2, 0) is 38.3 Å². The summed E-state index contributed by atoms with van der Waals surface area (Å²) in [5.74, 6) is -0.416. The second kappa shape index (κ2) is 28.3. The first-order valence-corrected chi connectivity index (χ1v) is 19.5. The standard InChI is InChI=1S/C35H64O12S/c1-3-5-7-9-11-13-15-17-19-21-23-25-43-27-29(45-31(37)24-22-20-18-16-14-12-10-8-6-4-2)28-44-35-33(39)34(47-48(40,41)42)32(38)30(26-36)46-35/h7-10,29-30,32-36,38-39H,3-6,11-28H2,1-2H3,(H,40,41,42)/b9-7-,10-8-. The highest BCUT2D eigenvalue weighted by atomic mass is 32.3. The van der Waals surface area contributed by atoms with Gasteiger partial charge in [-0.15, -0.1) is 0 Å². The molecule has 0 radical (unpaired) electrons. The summed E-state index contributed by atoms with van der Waals surface area (Å²) < 4.78 is 58.6. The number of hydrogen-bond acceptors (Lipinski definition) is 11. The van der Waals surface area contributed by atoms with Gasteiger partial charge in [0.2, 0.25) is 0 Å². The minimum atomic E-state index is -5.05. The highest BCUT2D eigenvalue weighted by Crippen LogP contribution is 2.26. The molecular formula is C35H64O12S. The van der Waals surface area contributed by atoms with Gasteiger partial charge in [-0.1, -0.05) is 95.9 Å². The second-order valence-corrected chi connectivity index (χ2v) is 13.5. The maximum Gasteiger partial charge on any atom is 0.397 e. The number of carbonyl (C=O) groups is 1. The molecule has 1 saturated heterocycles. The molecule has 0 aromatic heterocycles. The van der Waals surface area contributed by atoms with Crippen molar-refractivity contribution in [1.82, 2.24) is 0 Å². The molecular weight excluding hydrogens is 644 g/mol. The van der Waals surface area contributed by atoms with Crippen LogP contribution in [0.1, 0.15) is 129 Å². The SMILES string of the molecule is CCC/C=C\CCCCCCCCOCC(COC1OC(CO)C(O)C(OS(=O)(=O)O)C1O)OC(=O)CCCCCCC/C=C\CCC. The van der Waals surface area contributed by atoms with Crippen molar-refractivity contribution < 1.29 is 56.2 Å². The van der Waals surface area contributed by atoms with Crippen LogP contribution in [0.4, 0.5) is 0 Å². The summed E-state index contributed by atoms with van der Waals surface area (Å²) in [6.45, 7) is 3.80. The van der Waals surface area contributed by atoms with E-state index in [9.17, 15) is 28.5 Å². The number of hydrogen-bond donors (Lipinski definition) is 4. The number of allylic oxidation sites excluding steroid dienone is 4. The van der Waals surface area contributed by atoms with Crippen molar-refractivity contribution in [3.05, 3.63) is 24.3 Å². The maximum absolute atomic E-state index is 12.7. The molecule has 0 bridgehead atoms. The largest absolute Gasteiger partial charge is 0.457 e. The molecule has 6 unspecified atom stereocenters. The van der Waals surface area contributed by atoms with Crippen LogP contribution in [0.2, 0.25) is 0 Å². The number of rotatable bonds is 30. The molecule has 0 amide bonds. The molecule has 1 aliphatic rings. The summed E-state index contributed by atoms with van der Waals surface area (Å²) in [6.07, 6.45) is 18.1. The van der Waals surface area contributed by atoms with Gasteiger partial charge in [-0.25, -0.2) is 4.18 Å². The third-order valence-electron chi connectivity index (χ3n) is 8.01. The highest BCUT2D eigenvalue weighted by molar-refractivity contribution is 7.80. The molecule has 1 rings (SSSR count). The Balaban J connectivity index is 2.56. The zero-order chi connectivity index (χ0) is 35.5. The van der Waals surface area contributed by atoms with E-state index in [0.29, 0.717) is 13.0 Å². The molecule has 1 heterocycles. The van der Waals surface area contributed by atoms with E-state index in [1.165, 1.54) is 25.7 Å². The molecule has 4 N–H and O–H groups in total. The van der Waals surface area contributed by atoms with Crippen molar-refractivity contribution in [3.63, 3.8) is 0 Å². The lowest BCUT2D eigenvalue weighted by Gasteiger charge is -2.41. The summed E-state index contributed by atoms with van der Waals surface area (Å²) in [6, 6.07) is 0. The Hall–Kier alpha value is -1.42. The van der Waals surface area contributed by atoms with Crippen molar-refractivity contribution in [2.24, 2.45) is 0 Å². The van der Waals surface area contributed by atoms with Crippen LogP contribution < -0.4 is 0 Å². The molecule has 13 heteroatoms. The van der Waals surface area contributed by atoms with Gasteiger partial charge in [-0.3, -0.25) is 9.35 Å². The lowest BCUT2D eigenvalue weighted by Crippen LogP contribution is -2.60. The van der Waals surface area contributed by atoms with Crippen LogP contribution in [0, 0.1) is 0 Å². The Morgan fingerprint density at radius 3 is 1.88 bits per heavy atom. The molecule has 0 saturated carbocycles. The minimum Gasteiger partial charge on any atom is -0.457 e. The van der Waals surface area contributed by atoms with Gasteiger partial charge in [0.25, 0.3) is 0 Å². The fourth-order valence-corrected chi connectivity index (χ4v) is 5.77. The first-order valence-electron chi connectivity index (χ1n) is 18.1. The monoisotopic (exact) mass is 708 g/mol. The van der Waals surface area contributed by atoms with E-state index < -0.39 is 59.8 Å². The zero-order valence-electron chi connectivity index (χ0n) is 29.3. The Morgan fingerprint density at radius 2 is 1.31 bits per heavy atom. The molecule has 282 valence electrons. The Kier molecular flexibility index (Phi) is 26.3. The normalized spacial score (nSPS) is 22.5. The highest BCUT2D eigenvalue weighted by Gasteiger charge is 2.48. The fourth-order valence-electron chi connectivity index (χ4n) is 5.26. The van der Waals surface area contributed by atoms with E-state index in [4.69, 9.17) is 23.5 Å². The Morgan fingerprint density at radius 1 is 0.771 bits per heavy atom. The first-order chi connectivity index (χ1) is 23.1. The number of aliphatic hydroxyl groups excluding tert-OH is 3. The van der Waals surface area contributed by atoms with Gasteiger partial charge in [0.1, 0.15) is 30.5 Å². The summed E-state index contributed by atoms with van der Waals surface area (Å²) in [5, 5.41) is 30.4. The zero-order valence-corrected chi connectivity index (χ0v) is 30.1. The van der Waals surface area contributed by atoms with E-state index in [1.54, 1.807) is 0 Å².